The highest BCUT2D eigenvalue weighted by atomic mass is 14.7. The maximum absolute atomic E-state index is 5.69. The first-order valence-electron chi connectivity index (χ1n) is 26.4. The molecule has 0 amide bonds. The molecule has 0 saturated carbocycles. The van der Waals surface area contributed by atoms with Crippen molar-refractivity contribution in [3.8, 4) is 66.9 Å². The van der Waals surface area contributed by atoms with Gasteiger partial charge in [-0.1, -0.05) is 207 Å². The van der Waals surface area contributed by atoms with Crippen molar-refractivity contribution < 1.29 is 0 Å². The normalized spacial score (nSPS) is 19.2. The van der Waals surface area contributed by atoms with Crippen molar-refractivity contribution in [3.05, 3.63) is 243 Å². The predicted molar refractivity (Wildman–Crippen MR) is 302 cm³/mol. The van der Waals surface area contributed by atoms with Crippen LogP contribution in [0.25, 0.3) is 78.0 Å². The smallest absolute Gasteiger partial charge is 0.0706 e. The molecule has 6 aliphatic carbocycles. The van der Waals surface area contributed by atoms with Gasteiger partial charge >= 0.3 is 0 Å². The third-order valence-electron chi connectivity index (χ3n) is 18.4. The number of hydrogen-bond donors (Lipinski definition) is 0. The number of hydrogen-bond acceptors (Lipinski definition) is 1. The van der Waals surface area contributed by atoms with E-state index in [1.807, 2.05) is 0 Å². The summed E-state index contributed by atoms with van der Waals surface area (Å²) in [5.41, 5.74) is 33.2. The lowest BCUT2D eigenvalue weighted by Crippen LogP contribution is -2.20. The van der Waals surface area contributed by atoms with Gasteiger partial charge in [0.15, 0.2) is 0 Å². The molecule has 0 aliphatic heterocycles. The first-order chi connectivity index (χ1) is 34.7. The minimum atomic E-state index is -0.142. The number of fused-ring (bicyclic) bond motifs is 11. The number of rotatable bonds is 5. The fourth-order valence-corrected chi connectivity index (χ4v) is 14.2. The van der Waals surface area contributed by atoms with E-state index in [9.17, 15) is 0 Å². The van der Waals surface area contributed by atoms with Crippen molar-refractivity contribution in [2.75, 3.05) is 0 Å². The summed E-state index contributed by atoms with van der Waals surface area (Å²) < 4.78 is 0. The van der Waals surface area contributed by atoms with Gasteiger partial charge in [0.05, 0.1) is 11.4 Å². The Bertz CT molecular complexity index is 3830. The molecule has 1 heterocycles. The lowest BCUT2D eigenvalue weighted by Gasteiger charge is -2.30. The van der Waals surface area contributed by atoms with Gasteiger partial charge in [-0.2, -0.15) is 0 Å². The molecule has 350 valence electrons. The van der Waals surface area contributed by atoms with E-state index in [1.54, 1.807) is 0 Å². The number of aromatic nitrogens is 1. The number of nitrogens with zero attached hydrogens (tertiary/aromatic N) is 1. The summed E-state index contributed by atoms with van der Waals surface area (Å²) in [7, 11) is 0. The molecule has 1 unspecified atom stereocenters. The zero-order valence-electron chi connectivity index (χ0n) is 43.0. The van der Waals surface area contributed by atoms with Gasteiger partial charge < -0.3 is 0 Å². The minimum Gasteiger partial charge on any atom is -0.252 e. The maximum atomic E-state index is 5.69. The van der Waals surface area contributed by atoms with Crippen molar-refractivity contribution >= 4 is 11.1 Å². The van der Waals surface area contributed by atoms with Crippen LogP contribution in [0.1, 0.15) is 136 Å². The molecular formula is C71H61N. The van der Waals surface area contributed by atoms with Crippen molar-refractivity contribution in [1.82, 2.24) is 4.98 Å². The van der Waals surface area contributed by atoms with Crippen molar-refractivity contribution in [2.24, 2.45) is 0 Å². The van der Waals surface area contributed by atoms with E-state index in [0.717, 1.165) is 25.0 Å². The first-order valence-corrected chi connectivity index (χ1v) is 26.4. The standard InChI is InChI=1S/C71H61N/c1-68(2)58-20-14-12-18-50(58)52-28-22-43(36-60(52)68)44-23-29-54-55-30-24-45(38-62(55)70(5,6)61(54)37-44)46-25-31-56-57-33-27-48(41-65(57)71(7,8)63(56)39-46)67-49(42-16-10-9-11-17-42)34-35-66(72-67)47-26-32-53-51-19-13-15-21-59(51)69(3,4)64(53)40-47/h9-10,12-16,18-40,48H,11,17,41H2,1-8H3. The van der Waals surface area contributed by atoms with E-state index in [4.69, 9.17) is 4.98 Å². The molecular weight excluding hydrogens is 867 g/mol. The zero-order chi connectivity index (χ0) is 49.1. The van der Waals surface area contributed by atoms with E-state index < -0.39 is 0 Å². The lowest BCUT2D eigenvalue weighted by molar-refractivity contribution is 0.587. The van der Waals surface area contributed by atoms with Gasteiger partial charge in [-0.3, -0.25) is 4.98 Å². The lowest BCUT2D eigenvalue weighted by atomic mass is 9.74. The van der Waals surface area contributed by atoms with E-state index >= 15 is 0 Å². The Labute approximate surface area is 426 Å². The minimum absolute atomic E-state index is 0.0269. The van der Waals surface area contributed by atoms with Crippen LogP contribution in [0.2, 0.25) is 0 Å². The second-order valence-electron chi connectivity index (χ2n) is 23.7. The Kier molecular flexibility index (Phi) is 9.11. The van der Waals surface area contributed by atoms with Crippen LogP contribution in [0.5, 0.6) is 0 Å². The number of pyridine rings is 1. The van der Waals surface area contributed by atoms with E-state index in [2.05, 4.69) is 237 Å². The monoisotopic (exact) mass is 927 g/mol. The van der Waals surface area contributed by atoms with E-state index in [0.29, 0.717) is 0 Å². The van der Waals surface area contributed by atoms with Crippen molar-refractivity contribution in [3.63, 3.8) is 0 Å². The largest absolute Gasteiger partial charge is 0.252 e. The molecule has 0 N–H and O–H groups in total. The number of allylic oxidation sites excluding steroid dienone is 8. The summed E-state index contributed by atoms with van der Waals surface area (Å²) in [6.45, 7) is 19.2. The van der Waals surface area contributed by atoms with E-state index in [1.165, 1.54) is 134 Å². The second-order valence-corrected chi connectivity index (χ2v) is 23.7. The van der Waals surface area contributed by atoms with Crippen molar-refractivity contribution in [2.45, 2.75) is 102 Å². The fraction of sp³-hybridized carbons (Fsp3) is 0.225. The Morgan fingerprint density at radius 1 is 0.417 bits per heavy atom. The summed E-state index contributed by atoms with van der Waals surface area (Å²) >= 11 is 0. The third kappa shape index (κ3) is 6.10. The predicted octanol–water partition coefficient (Wildman–Crippen LogP) is 18.5. The van der Waals surface area contributed by atoms with Gasteiger partial charge in [0, 0.05) is 33.1 Å². The summed E-state index contributed by atoms with van der Waals surface area (Å²) in [5.74, 6) is 0.168. The van der Waals surface area contributed by atoms with Crippen LogP contribution >= 0.6 is 0 Å². The molecule has 7 aromatic carbocycles. The van der Waals surface area contributed by atoms with Crippen LogP contribution < -0.4 is 0 Å². The topological polar surface area (TPSA) is 12.9 Å². The van der Waals surface area contributed by atoms with E-state index in [-0.39, 0.29) is 27.6 Å². The average Bonchev–Trinajstić information content (AvgIpc) is 3.97. The third-order valence-corrected chi connectivity index (χ3v) is 18.4. The summed E-state index contributed by atoms with van der Waals surface area (Å²) in [6.07, 6.45) is 14.8. The molecule has 8 aromatic rings. The van der Waals surface area contributed by atoms with Gasteiger partial charge in [0.1, 0.15) is 0 Å². The average molecular weight is 928 g/mol. The molecule has 1 nitrogen and oxygen atoms in total. The molecule has 1 atom stereocenters. The molecule has 1 aromatic heterocycles. The molecule has 0 bridgehead atoms. The Morgan fingerprint density at radius 3 is 1.36 bits per heavy atom. The SMILES string of the molecule is CC1(C)C2=C(C=CC(c3nc(-c4ccc5c(c4)C(C)(C)c4ccccc4-5)ccc3C3=CC=CCC3)C2)c2ccc(-c3ccc4c(c3)C(C)(C)c3cc(-c5ccc6c(c5)C(C)(C)c5ccccc5-6)ccc3-4)cc21. The highest BCUT2D eigenvalue weighted by molar-refractivity contribution is 5.91. The molecule has 0 fully saturated rings. The molecule has 0 saturated heterocycles. The molecule has 6 aliphatic rings. The molecule has 72 heavy (non-hydrogen) atoms. The van der Waals surface area contributed by atoms with Gasteiger partial charge in [-0.15, -0.1) is 0 Å². The van der Waals surface area contributed by atoms with Crippen LogP contribution in [0.4, 0.5) is 0 Å². The quantitative estimate of drug-likeness (QED) is 0.168. The zero-order valence-corrected chi connectivity index (χ0v) is 43.0. The fourth-order valence-electron chi connectivity index (χ4n) is 14.2. The summed E-state index contributed by atoms with van der Waals surface area (Å²) in [6, 6.07) is 58.4. The highest BCUT2D eigenvalue weighted by Gasteiger charge is 2.42. The Morgan fingerprint density at radius 2 is 0.847 bits per heavy atom. The van der Waals surface area contributed by atoms with Crippen LogP contribution in [-0.2, 0) is 21.7 Å². The van der Waals surface area contributed by atoms with Crippen molar-refractivity contribution in [1.29, 1.82) is 0 Å². The molecule has 0 spiro atoms. The Hall–Kier alpha value is -7.35. The summed E-state index contributed by atoms with van der Waals surface area (Å²) in [5, 5.41) is 0. The van der Waals surface area contributed by atoms with Crippen LogP contribution in [-0.4, -0.2) is 4.98 Å². The number of benzene rings is 7. The first kappa shape index (κ1) is 43.4. The van der Waals surface area contributed by atoms with Gasteiger partial charge in [-0.25, -0.2) is 0 Å². The van der Waals surface area contributed by atoms with Gasteiger partial charge in [-0.05, 0) is 173 Å². The van der Waals surface area contributed by atoms with Gasteiger partial charge in [0.2, 0.25) is 0 Å². The van der Waals surface area contributed by atoms with Crippen LogP contribution in [0, 0.1) is 0 Å². The highest BCUT2D eigenvalue weighted by Crippen LogP contribution is 2.56. The van der Waals surface area contributed by atoms with Crippen LogP contribution in [0.15, 0.2) is 188 Å². The molecule has 1 heteroatoms. The maximum Gasteiger partial charge on any atom is 0.0706 e. The Balaban J connectivity index is 0.765. The van der Waals surface area contributed by atoms with Gasteiger partial charge in [0.25, 0.3) is 0 Å². The molecule has 0 radical (unpaired) electrons. The molecule has 14 rings (SSSR count). The second kappa shape index (κ2) is 15.1. The van der Waals surface area contributed by atoms with Crippen LogP contribution in [0.3, 0.4) is 0 Å². The summed E-state index contributed by atoms with van der Waals surface area (Å²) in [4.78, 5) is 5.69.